The molecule has 1 fully saturated rings. The fraction of sp³-hybridized carbons (Fsp3) is 1.00. The van der Waals surface area contributed by atoms with Crippen molar-refractivity contribution in [1.82, 2.24) is 5.32 Å². The van der Waals surface area contributed by atoms with Gasteiger partial charge >= 0.3 is 0 Å². The Morgan fingerprint density at radius 3 is 2.87 bits per heavy atom. The van der Waals surface area contributed by atoms with Crippen LogP contribution in [0.1, 0.15) is 19.3 Å². The first kappa shape index (κ1) is 12.9. The zero-order valence-corrected chi connectivity index (χ0v) is 9.83. The third-order valence-electron chi connectivity index (χ3n) is 2.70. The van der Waals surface area contributed by atoms with Gasteiger partial charge in [0, 0.05) is 33.9 Å². The minimum atomic E-state index is 0.138. The summed E-state index contributed by atoms with van der Waals surface area (Å²) in [7, 11) is 3.40. The van der Waals surface area contributed by atoms with Gasteiger partial charge in [0.05, 0.1) is 18.8 Å². The number of hydrogen-bond donors (Lipinski definition) is 1. The molecule has 0 aromatic rings. The number of rotatable bonds is 7. The lowest BCUT2D eigenvalue weighted by Crippen LogP contribution is -2.38. The molecule has 4 heteroatoms. The van der Waals surface area contributed by atoms with Crippen LogP contribution in [0, 0.1) is 0 Å². The molecule has 4 nitrogen and oxygen atoms in total. The maximum absolute atomic E-state index is 5.62. The summed E-state index contributed by atoms with van der Waals surface area (Å²) >= 11 is 0. The Morgan fingerprint density at radius 2 is 2.27 bits per heavy atom. The highest BCUT2D eigenvalue weighted by molar-refractivity contribution is 4.68. The van der Waals surface area contributed by atoms with Crippen LogP contribution in [-0.2, 0) is 14.2 Å². The average Bonchev–Trinajstić information content (AvgIpc) is 2.29. The maximum atomic E-state index is 5.62. The third-order valence-corrected chi connectivity index (χ3v) is 2.70. The molecule has 0 aromatic heterocycles. The van der Waals surface area contributed by atoms with Gasteiger partial charge < -0.3 is 19.5 Å². The van der Waals surface area contributed by atoms with E-state index in [4.69, 9.17) is 14.2 Å². The normalized spacial score (nSPS) is 24.0. The smallest absolute Gasteiger partial charge is 0.0928 e. The summed E-state index contributed by atoms with van der Waals surface area (Å²) in [5, 5.41) is 3.36. The molecular weight excluding hydrogens is 194 g/mol. The molecule has 0 spiro atoms. The Hall–Kier alpha value is -0.160. The number of ether oxygens (including phenoxy) is 3. The van der Waals surface area contributed by atoms with E-state index >= 15 is 0 Å². The predicted molar refractivity (Wildman–Crippen MR) is 59.1 cm³/mol. The molecule has 0 amide bonds. The Kier molecular flexibility index (Phi) is 6.92. The summed E-state index contributed by atoms with van der Waals surface area (Å²) < 4.78 is 15.9. The van der Waals surface area contributed by atoms with Crippen LogP contribution in [0.2, 0.25) is 0 Å². The van der Waals surface area contributed by atoms with Crippen LogP contribution in [-0.4, -0.2) is 52.7 Å². The van der Waals surface area contributed by atoms with E-state index in [1.54, 1.807) is 14.2 Å². The topological polar surface area (TPSA) is 39.7 Å². The van der Waals surface area contributed by atoms with Gasteiger partial charge in [0.25, 0.3) is 0 Å². The largest absolute Gasteiger partial charge is 0.382 e. The van der Waals surface area contributed by atoms with E-state index in [-0.39, 0.29) is 6.10 Å². The second-order valence-corrected chi connectivity index (χ2v) is 3.96. The summed E-state index contributed by atoms with van der Waals surface area (Å²) in [5.41, 5.74) is 0. The highest BCUT2D eigenvalue weighted by atomic mass is 16.5. The minimum absolute atomic E-state index is 0.138. The molecule has 0 bridgehead atoms. The monoisotopic (exact) mass is 217 g/mol. The molecule has 1 saturated heterocycles. The van der Waals surface area contributed by atoms with Crippen LogP contribution in [0.15, 0.2) is 0 Å². The molecule has 1 aliphatic heterocycles. The van der Waals surface area contributed by atoms with Crippen molar-refractivity contribution in [1.29, 1.82) is 0 Å². The zero-order chi connectivity index (χ0) is 10.9. The molecule has 0 saturated carbocycles. The van der Waals surface area contributed by atoms with Crippen LogP contribution >= 0.6 is 0 Å². The summed E-state index contributed by atoms with van der Waals surface area (Å²) in [6, 6.07) is 0. The molecule has 2 unspecified atom stereocenters. The van der Waals surface area contributed by atoms with Gasteiger partial charge in [-0.2, -0.15) is 0 Å². The molecule has 1 aliphatic rings. The van der Waals surface area contributed by atoms with Gasteiger partial charge in [-0.3, -0.25) is 0 Å². The molecule has 1 N–H and O–H groups in total. The zero-order valence-electron chi connectivity index (χ0n) is 9.83. The van der Waals surface area contributed by atoms with Crippen molar-refractivity contribution < 1.29 is 14.2 Å². The van der Waals surface area contributed by atoms with Crippen molar-refractivity contribution >= 4 is 0 Å². The van der Waals surface area contributed by atoms with Crippen molar-refractivity contribution in [3.63, 3.8) is 0 Å². The van der Waals surface area contributed by atoms with Gasteiger partial charge in [0.2, 0.25) is 0 Å². The summed E-state index contributed by atoms with van der Waals surface area (Å²) in [4.78, 5) is 0. The molecule has 2 atom stereocenters. The molecule has 90 valence electrons. The fourth-order valence-electron chi connectivity index (χ4n) is 1.77. The van der Waals surface area contributed by atoms with Crippen LogP contribution in [0.5, 0.6) is 0 Å². The Labute approximate surface area is 92.3 Å². The van der Waals surface area contributed by atoms with Crippen molar-refractivity contribution in [2.45, 2.75) is 31.5 Å². The maximum Gasteiger partial charge on any atom is 0.0928 e. The SMILES string of the molecule is COCC(CNCC1CCCCO1)OC. The van der Waals surface area contributed by atoms with Crippen LogP contribution in [0.25, 0.3) is 0 Å². The standard InChI is InChI=1S/C11H23NO3/c1-13-9-11(14-2)8-12-7-10-5-3-4-6-15-10/h10-12H,3-9H2,1-2H3. The van der Waals surface area contributed by atoms with E-state index < -0.39 is 0 Å². The second kappa shape index (κ2) is 8.05. The lowest BCUT2D eigenvalue weighted by Gasteiger charge is -2.24. The minimum Gasteiger partial charge on any atom is -0.382 e. The van der Waals surface area contributed by atoms with Crippen LogP contribution in [0.3, 0.4) is 0 Å². The molecule has 1 rings (SSSR count). The van der Waals surface area contributed by atoms with E-state index in [1.165, 1.54) is 19.3 Å². The third kappa shape index (κ3) is 5.47. The van der Waals surface area contributed by atoms with Gasteiger partial charge in [-0.05, 0) is 19.3 Å². The molecule has 1 heterocycles. The van der Waals surface area contributed by atoms with E-state index in [9.17, 15) is 0 Å². The van der Waals surface area contributed by atoms with E-state index in [1.807, 2.05) is 0 Å². The number of methoxy groups -OCH3 is 2. The van der Waals surface area contributed by atoms with Crippen LogP contribution < -0.4 is 5.32 Å². The molecule has 0 radical (unpaired) electrons. The molecule has 15 heavy (non-hydrogen) atoms. The van der Waals surface area contributed by atoms with Crippen molar-refractivity contribution in [2.75, 3.05) is 40.5 Å². The summed E-state index contributed by atoms with van der Waals surface area (Å²) in [6.07, 6.45) is 4.20. The summed E-state index contributed by atoms with van der Waals surface area (Å²) in [6.45, 7) is 3.29. The van der Waals surface area contributed by atoms with E-state index in [2.05, 4.69) is 5.32 Å². The van der Waals surface area contributed by atoms with Gasteiger partial charge in [0.15, 0.2) is 0 Å². The highest BCUT2D eigenvalue weighted by Crippen LogP contribution is 2.11. The van der Waals surface area contributed by atoms with Gasteiger partial charge in [-0.1, -0.05) is 0 Å². The van der Waals surface area contributed by atoms with Crippen molar-refractivity contribution in [3.05, 3.63) is 0 Å². The van der Waals surface area contributed by atoms with Crippen molar-refractivity contribution in [2.24, 2.45) is 0 Å². The highest BCUT2D eigenvalue weighted by Gasteiger charge is 2.14. The molecular formula is C11H23NO3. The Morgan fingerprint density at radius 1 is 1.40 bits per heavy atom. The van der Waals surface area contributed by atoms with Crippen molar-refractivity contribution in [3.8, 4) is 0 Å². The Bertz CT molecular complexity index is 144. The lowest BCUT2D eigenvalue weighted by molar-refractivity contribution is 0.00621. The number of nitrogens with one attached hydrogen (secondary N) is 1. The predicted octanol–water partition coefficient (Wildman–Crippen LogP) is 0.806. The lowest BCUT2D eigenvalue weighted by atomic mass is 10.1. The first-order chi connectivity index (χ1) is 7.36. The number of hydrogen-bond acceptors (Lipinski definition) is 4. The first-order valence-electron chi connectivity index (χ1n) is 5.71. The van der Waals surface area contributed by atoms with Gasteiger partial charge in [0.1, 0.15) is 0 Å². The molecule has 0 aromatic carbocycles. The van der Waals surface area contributed by atoms with Crippen LogP contribution in [0.4, 0.5) is 0 Å². The van der Waals surface area contributed by atoms with E-state index in [0.29, 0.717) is 12.7 Å². The quantitative estimate of drug-likeness (QED) is 0.685. The Balaban J connectivity index is 2.03. The van der Waals surface area contributed by atoms with Gasteiger partial charge in [-0.25, -0.2) is 0 Å². The second-order valence-electron chi connectivity index (χ2n) is 3.96. The average molecular weight is 217 g/mol. The fourth-order valence-corrected chi connectivity index (χ4v) is 1.77. The first-order valence-corrected chi connectivity index (χ1v) is 5.71. The molecule has 0 aliphatic carbocycles. The summed E-state index contributed by atoms with van der Waals surface area (Å²) in [5.74, 6) is 0. The van der Waals surface area contributed by atoms with E-state index in [0.717, 1.165) is 19.7 Å². The van der Waals surface area contributed by atoms with Gasteiger partial charge in [-0.15, -0.1) is 0 Å².